The van der Waals surface area contributed by atoms with Gasteiger partial charge in [-0.2, -0.15) is 0 Å². The highest BCUT2D eigenvalue weighted by atomic mass is 15.1. The first kappa shape index (κ1) is 36.5. The zero-order valence-electron chi connectivity index (χ0n) is 32.2. The molecule has 0 atom stereocenters. The number of anilines is 3. The van der Waals surface area contributed by atoms with Gasteiger partial charge < -0.3 is 32.4 Å². The fourth-order valence-corrected chi connectivity index (χ4v) is 7.76. The fraction of sp³-hybridized carbons (Fsp3) is 0.0588. The quantitative estimate of drug-likeness (QED) is 0.0823. The predicted molar refractivity (Wildman–Crippen MR) is 243 cm³/mol. The number of aromatic nitrogens is 1. The summed E-state index contributed by atoms with van der Waals surface area (Å²) < 4.78 is 2.26. The molecule has 280 valence electrons. The Bertz CT molecular complexity index is 2830. The summed E-state index contributed by atoms with van der Waals surface area (Å²) in [5, 5.41) is 2.33. The highest BCUT2D eigenvalue weighted by molar-refractivity contribution is 6.10. The highest BCUT2D eigenvalue weighted by Gasteiger charge is 2.18. The van der Waals surface area contributed by atoms with Gasteiger partial charge in [0.15, 0.2) is 0 Å². The molecule has 0 spiro atoms. The van der Waals surface area contributed by atoms with Crippen molar-refractivity contribution in [3.63, 3.8) is 0 Å². The average Bonchev–Trinajstić information content (AvgIpc) is 3.57. The molecule has 8 rings (SSSR count). The second-order valence-electron chi connectivity index (χ2n) is 14.3. The van der Waals surface area contributed by atoms with Crippen LogP contribution in [0.2, 0.25) is 0 Å². The van der Waals surface area contributed by atoms with Gasteiger partial charge in [0, 0.05) is 41.3 Å². The van der Waals surface area contributed by atoms with Crippen LogP contribution < -0.4 is 22.9 Å². The third kappa shape index (κ3) is 7.24. The maximum Gasteiger partial charge on any atom is 0.0673 e. The molecule has 0 saturated carbocycles. The Morgan fingerprint density at radius 2 is 1.21 bits per heavy atom. The van der Waals surface area contributed by atoms with E-state index in [1.165, 1.54) is 10.9 Å². The second kappa shape index (κ2) is 15.7. The lowest BCUT2D eigenvalue weighted by molar-refractivity contribution is 0.473. The van der Waals surface area contributed by atoms with Crippen LogP contribution in [0.1, 0.15) is 18.1 Å². The predicted octanol–water partition coefficient (Wildman–Crippen LogP) is 11.4. The Kier molecular flexibility index (Phi) is 10.1. The van der Waals surface area contributed by atoms with Crippen LogP contribution in [0.25, 0.3) is 66.6 Å². The van der Waals surface area contributed by atoms with Crippen molar-refractivity contribution in [2.45, 2.75) is 13.5 Å². The molecule has 0 amide bonds. The first-order valence-corrected chi connectivity index (χ1v) is 19.1. The van der Waals surface area contributed by atoms with Crippen molar-refractivity contribution in [1.29, 1.82) is 0 Å². The topological polar surface area (TPSA) is 112 Å². The number of fused-ring (bicyclic) bond motifs is 3. The summed E-state index contributed by atoms with van der Waals surface area (Å²) in [5.74, 6) is 0. The molecular formula is C51H46N6. The summed E-state index contributed by atoms with van der Waals surface area (Å²) in [6.45, 7) is 2.60. The van der Waals surface area contributed by atoms with E-state index in [0.717, 1.165) is 66.7 Å². The highest BCUT2D eigenvalue weighted by Crippen LogP contribution is 2.39. The zero-order chi connectivity index (χ0) is 39.5. The van der Waals surface area contributed by atoms with Gasteiger partial charge in [0.25, 0.3) is 0 Å². The third-order valence-corrected chi connectivity index (χ3v) is 10.6. The van der Waals surface area contributed by atoms with E-state index in [9.17, 15) is 0 Å². The Hall–Kier alpha value is -7.44. The molecule has 0 saturated heterocycles. The number of nitrogen functional groups attached to an aromatic ring is 3. The maximum atomic E-state index is 6.86. The summed E-state index contributed by atoms with van der Waals surface area (Å²) in [5.41, 5.74) is 41.4. The molecule has 1 heterocycles. The number of nitrogens with zero attached hydrogens (tertiary/aromatic N) is 2. The first-order valence-electron chi connectivity index (χ1n) is 19.1. The summed E-state index contributed by atoms with van der Waals surface area (Å²) >= 11 is 0. The van der Waals surface area contributed by atoms with Crippen LogP contribution in [-0.2, 0) is 6.54 Å². The first-order chi connectivity index (χ1) is 27.8. The number of benzene rings is 7. The van der Waals surface area contributed by atoms with Crippen molar-refractivity contribution < 1.29 is 0 Å². The van der Waals surface area contributed by atoms with E-state index in [1.54, 1.807) is 0 Å². The van der Waals surface area contributed by atoms with E-state index in [2.05, 4.69) is 144 Å². The summed E-state index contributed by atoms with van der Waals surface area (Å²) in [6, 6.07) is 54.7. The van der Waals surface area contributed by atoms with Crippen LogP contribution >= 0.6 is 0 Å². The monoisotopic (exact) mass is 742 g/mol. The largest absolute Gasteiger partial charge is 0.398 e. The van der Waals surface area contributed by atoms with E-state index in [-0.39, 0.29) is 0 Å². The zero-order valence-corrected chi connectivity index (χ0v) is 32.2. The molecule has 1 aromatic heterocycles. The Morgan fingerprint density at radius 3 is 2.00 bits per heavy atom. The number of nitrogens with two attached hydrogens (primary N) is 4. The molecular weight excluding hydrogens is 697 g/mol. The van der Waals surface area contributed by atoms with Crippen LogP contribution in [0.3, 0.4) is 0 Å². The van der Waals surface area contributed by atoms with E-state index in [1.807, 2.05) is 61.6 Å². The van der Waals surface area contributed by atoms with E-state index < -0.39 is 0 Å². The van der Waals surface area contributed by atoms with Crippen molar-refractivity contribution in [3.8, 4) is 39.1 Å². The number of allylic oxidation sites excluding steroid dienone is 4. The van der Waals surface area contributed by atoms with Crippen molar-refractivity contribution in [1.82, 2.24) is 9.47 Å². The average molecular weight is 743 g/mol. The second-order valence-corrected chi connectivity index (χ2v) is 14.3. The lowest BCUT2D eigenvalue weighted by atomic mass is 9.93. The summed E-state index contributed by atoms with van der Waals surface area (Å²) in [4.78, 5) is 2.22. The Labute approximate surface area is 334 Å². The lowest BCUT2D eigenvalue weighted by Crippen LogP contribution is -2.20. The van der Waals surface area contributed by atoms with E-state index in [0.29, 0.717) is 29.3 Å². The molecule has 0 aliphatic heterocycles. The van der Waals surface area contributed by atoms with Crippen molar-refractivity contribution in [2.24, 2.45) is 5.73 Å². The molecule has 6 nitrogen and oxygen atoms in total. The lowest BCUT2D eigenvalue weighted by Gasteiger charge is -2.26. The Morgan fingerprint density at radius 1 is 0.561 bits per heavy atom. The van der Waals surface area contributed by atoms with Crippen molar-refractivity contribution >= 4 is 44.6 Å². The van der Waals surface area contributed by atoms with Gasteiger partial charge in [0.05, 0.1) is 33.8 Å². The molecule has 7 aromatic carbocycles. The molecule has 0 bridgehead atoms. The van der Waals surface area contributed by atoms with Gasteiger partial charge in [0.1, 0.15) is 0 Å². The molecule has 0 aliphatic rings. The van der Waals surface area contributed by atoms with E-state index in [4.69, 9.17) is 22.9 Å². The number of hydrogen-bond acceptors (Lipinski definition) is 5. The molecule has 8 N–H and O–H groups in total. The molecule has 0 unspecified atom stereocenters. The van der Waals surface area contributed by atoms with Gasteiger partial charge >= 0.3 is 0 Å². The minimum absolute atomic E-state index is 0.554. The molecule has 8 aromatic rings. The third-order valence-electron chi connectivity index (χ3n) is 10.6. The molecule has 0 aliphatic carbocycles. The van der Waals surface area contributed by atoms with Gasteiger partial charge in [-0.1, -0.05) is 133 Å². The van der Waals surface area contributed by atoms with Crippen LogP contribution in [0, 0.1) is 0 Å². The number of hydrogen-bond donors (Lipinski definition) is 4. The van der Waals surface area contributed by atoms with Crippen LogP contribution in [0.4, 0.5) is 17.1 Å². The molecule has 0 radical (unpaired) electrons. The van der Waals surface area contributed by atoms with Crippen molar-refractivity contribution in [2.75, 3.05) is 24.2 Å². The fourth-order valence-electron chi connectivity index (χ4n) is 7.76. The van der Waals surface area contributed by atoms with Crippen molar-refractivity contribution in [3.05, 3.63) is 199 Å². The molecule has 6 heteroatoms. The molecule has 0 fully saturated rings. The van der Waals surface area contributed by atoms with Gasteiger partial charge in [-0.15, -0.1) is 0 Å². The van der Waals surface area contributed by atoms with Crippen LogP contribution in [-0.4, -0.2) is 16.5 Å². The SMILES string of the molecule is C\C=C/C=C\C(N)=C(/c1ccc(-c2ccccc2)cc1)N(C)Cc1ccccc1-c1cc(-c2ccc3c4ccccc4n(-c4ccc(N)c(N)c4)c3c2)ccc1N. The number of rotatable bonds is 10. The van der Waals surface area contributed by atoms with Gasteiger partial charge in [-0.25, -0.2) is 0 Å². The minimum Gasteiger partial charge on any atom is -0.398 e. The smallest absolute Gasteiger partial charge is 0.0673 e. The number of para-hydroxylation sites is 1. The summed E-state index contributed by atoms with van der Waals surface area (Å²) in [7, 11) is 2.09. The Balaban J connectivity index is 1.17. The standard InChI is InChI=1S/C51H46N6/c1-3-4-6-18-47(54)51(36-22-20-35(21-23-36)34-13-7-5-8-14-34)56(2)33-39-15-9-10-16-41(39)44-30-37(25-28-45(44)52)38-24-27-43-42-17-11-12-19-49(42)57(50(43)31-38)40-26-29-46(53)48(55)32-40/h3-32H,33,52-55H2,1-2H3/b4-3-,18-6-,51-47-. The van der Waals surface area contributed by atoms with Gasteiger partial charge in [-0.05, 0) is 94.4 Å². The molecule has 57 heavy (non-hydrogen) atoms. The maximum absolute atomic E-state index is 6.86. The van der Waals surface area contributed by atoms with Crippen LogP contribution in [0.5, 0.6) is 0 Å². The van der Waals surface area contributed by atoms with Crippen LogP contribution in [0.15, 0.2) is 188 Å². The minimum atomic E-state index is 0.554. The normalized spacial score (nSPS) is 12.2. The van der Waals surface area contributed by atoms with E-state index >= 15 is 0 Å². The van der Waals surface area contributed by atoms with Gasteiger partial charge in [-0.3, -0.25) is 0 Å². The summed E-state index contributed by atoms with van der Waals surface area (Å²) in [6.07, 6.45) is 7.91. The van der Waals surface area contributed by atoms with Gasteiger partial charge in [0.2, 0.25) is 0 Å².